The molecule has 2 aromatic carbocycles. The Balaban J connectivity index is 1.82. The van der Waals surface area contributed by atoms with Gasteiger partial charge in [-0.25, -0.2) is 9.18 Å². The first-order valence-corrected chi connectivity index (χ1v) is 13.5. The molecule has 39 heavy (non-hydrogen) atoms. The number of aromatic nitrogens is 1. The maximum Gasteiger partial charge on any atom is 0.123 e. The third kappa shape index (κ3) is 9.49. The van der Waals surface area contributed by atoms with E-state index in [0.29, 0.717) is 5.57 Å². The zero-order valence-corrected chi connectivity index (χ0v) is 22.6. The van der Waals surface area contributed by atoms with Gasteiger partial charge in [-0.3, -0.25) is 4.98 Å². The summed E-state index contributed by atoms with van der Waals surface area (Å²) in [7, 11) is 0. The minimum absolute atomic E-state index is 0.0668. The van der Waals surface area contributed by atoms with E-state index in [9.17, 15) is 9.18 Å². The summed E-state index contributed by atoms with van der Waals surface area (Å²) in [6, 6.07) is 19.3. The van der Waals surface area contributed by atoms with E-state index in [1.54, 1.807) is 24.3 Å². The first kappa shape index (κ1) is 29.2. The van der Waals surface area contributed by atoms with Gasteiger partial charge in [0, 0.05) is 29.5 Å². The van der Waals surface area contributed by atoms with Crippen LogP contribution in [0.5, 0.6) is 0 Å². The second-order valence-corrected chi connectivity index (χ2v) is 9.54. The molecule has 0 aliphatic carbocycles. The van der Waals surface area contributed by atoms with Gasteiger partial charge in [-0.1, -0.05) is 68.1 Å². The Morgan fingerprint density at radius 1 is 1.05 bits per heavy atom. The predicted molar refractivity (Wildman–Crippen MR) is 157 cm³/mol. The van der Waals surface area contributed by atoms with Gasteiger partial charge >= 0.3 is 0 Å². The molecule has 0 radical (unpaired) electrons. The molecule has 0 amide bonds. The molecule has 3 rings (SSSR count). The minimum Gasteiger partial charge on any atom is -0.261 e. The van der Waals surface area contributed by atoms with E-state index in [-0.39, 0.29) is 11.7 Å². The van der Waals surface area contributed by atoms with E-state index in [0.717, 1.165) is 67.3 Å². The van der Waals surface area contributed by atoms with Gasteiger partial charge < -0.3 is 0 Å². The summed E-state index contributed by atoms with van der Waals surface area (Å²) in [5.74, 6) is 1.75. The van der Waals surface area contributed by atoms with Gasteiger partial charge in [0.25, 0.3) is 0 Å². The molecule has 1 aromatic heterocycles. The second-order valence-electron chi connectivity index (χ2n) is 9.54. The number of allylic oxidation sites excluding steroid dienone is 6. The van der Waals surface area contributed by atoms with Crippen LogP contribution in [0.2, 0.25) is 0 Å². The van der Waals surface area contributed by atoms with E-state index >= 15 is 0 Å². The van der Waals surface area contributed by atoms with Crippen LogP contribution in [0, 0.1) is 17.1 Å². The molecule has 0 aliphatic rings. The molecule has 0 N–H and O–H groups in total. The first-order valence-electron chi connectivity index (χ1n) is 13.5. The van der Waals surface area contributed by atoms with Crippen LogP contribution in [0.3, 0.4) is 0 Å². The summed E-state index contributed by atoms with van der Waals surface area (Å²) in [6.45, 7) is 5.77. The van der Waals surface area contributed by atoms with Crippen molar-refractivity contribution in [3.63, 3.8) is 0 Å². The van der Waals surface area contributed by atoms with Crippen molar-refractivity contribution >= 4 is 5.94 Å². The highest BCUT2D eigenvalue weighted by atomic mass is 19.1. The fourth-order valence-corrected chi connectivity index (χ4v) is 4.75. The van der Waals surface area contributed by atoms with E-state index in [1.165, 1.54) is 17.2 Å². The number of nitriles is 1. The van der Waals surface area contributed by atoms with Crippen molar-refractivity contribution in [2.75, 3.05) is 0 Å². The number of aryl methyl sites for hydroxylation is 4. The molecule has 0 saturated carbocycles. The van der Waals surface area contributed by atoms with Crippen LogP contribution < -0.4 is 0 Å². The van der Waals surface area contributed by atoms with E-state index in [2.05, 4.69) is 42.8 Å². The Morgan fingerprint density at radius 2 is 1.92 bits per heavy atom. The molecule has 3 aromatic rings. The second kappa shape index (κ2) is 15.8. The fourth-order valence-electron chi connectivity index (χ4n) is 4.75. The van der Waals surface area contributed by atoms with Crippen LogP contribution in [-0.4, -0.2) is 10.9 Å². The zero-order chi connectivity index (χ0) is 27.9. The summed E-state index contributed by atoms with van der Waals surface area (Å²) in [6.07, 6.45) is 16.6. The van der Waals surface area contributed by atoms with Gasteiger partial charge in [0.05, 0.1) is 6.07 Å². The van der Waals surface area contributed by atoms with Crippen LogP contribution in [0.15, 0.2) is 103 Å². The molecule has 1 heterocycles. The lowest BCUT2D eigenvalue weighted by Crippen LogP contribution is -2.06. The summed E-state index contributed by atoms with van der Waals surface area (Å²) in [5.41, 5.74) is 7.18. The maximum atomic E-state index is 13.7. The van der Waals surface area contributed by atoms with Crippen LogP contribution in [0.4, 0.5) is 4.39 Å². The van der Waals surface area contributed by atoms with Crippen LogP contribution >= 0.6 is 0 Å². The fraction of sp³-hybridized carbons (Fsp3) is 0.257. The summed E-state index contributed by atoms with van der Waals surface area (Å²) in [4.78, 5) is 16.1. The van der Waals surface area contributed by atoms with E-state index in [4.69, 9.17) is 5.26 Å². The molecule has 0 fully saturated rings. The number of benzene rings is 2. The van der Waals surface area contributed by atoms with Crippen molar-refractivity contribution in [1.29, 1.82) is 5.26 Å². The molecule has 0 saturated heterocycles. The largest absolute Gasteiger partial charge is 0.261 e. The SMILES string of the molecule is C=C(C#N)/C=C\C=C/Cc1ccc(C(C=C=O)CCc2ncccc2CC)c(CCCc2cccc(F)c2)c1. The smallest absolute Gasteiger partial charge is 0.123 e. The highest BCUT2D eigenvalue weighted by Gasteiger charge is 2.16. The van der Waals surface area contributed by atoms with Gasteiger partial charge in [-0.05, 0) is 97.0 Å². The summed E-state index contributed by atoms with van der Waals surface area (Å²) in [5, 5.41) is 8.82. The third-order valence-electron chi connectivity index (χ3n) is 6.78. The van der Waals surface area contributed by atoms with Gasteiger partial charge in [0.2, 0.25) is 0 Å². The molecular formula is C35H35FN2O. The van der Waals surface area contributed by atoms with Crippen molar-refractivity contribution in [2.45, 2.75) is 57.8 Å². The molecule has 0 spiro atoms. The van der Waals surface area contributed by atoms with Gasteiger partial charge in [0.1, 0.15) is 11.8 Å². The Labute approximate surface area is 231 Å². The van der Waals surface area contributed by atoms with Gasteiger partial charge in [0.15, 0.2) is 0 Å². The van der Waals surface area contributed by atoms with Gasteiger partial charge in [-0.2, -0.15) is 5.26 Å². The lowest BCUT2D eigenvalue weighted by Gasteiger charge is -2.19. The minimum atomic E-state index is -0.216. The Hall–Kier alpha value is -4.32. The molecule has 1 unspecified atom stereocenters. The summed E-state index contributed by atoms with van der Waals surface area (Å²) >= 11 is 0. The number of carbonyl (C=O) groups excluding carboxylic acids is 1. The normalized spacial score (nSPS) is 11.8. The quantitative estimate of drug-likeness (QED) is 0.124. The van der Waals surface area contributed by atoms with Crippen LogP contribution in [-0.2, 0) is 36.9 Å². The molecule has 4 heteroatoms. The monoisotopic (exact) mass is 518 g/mol. The first-order chi connectivity index (χ1) is 19.0. The maximum absolute atomic E-state index is 13.7. The molecular weight excluding hydrogens is 483 g/mol. The Morgan fingerprint density at radius 3 is 2.69 bits per heavy atom. The molecule has 1 atom stereocenters. The average Bonchev–Trinajstić information content (AvgIpc) is 2.95. The number of nitrogens with zero attached hydrogens (tertiary/aromatic N) is 2. The number of hydrogen-bond acceptors (Lipinski definition) is 3. The summed E-state index contributed by atoms with van der Waals surface area (Å²) < 4.78 is 13.7. The highest BCUT2D eigenvalue weighted by Crippen LogP contribution is 2.29. The van der Waals surface area contributed by atoms with Crippen molar-refractivity contribution in [3.05, 3.63) is 143 Å². The number of rotatable bonds is 14. The van der Waals surface area contributed by atoms with E-state index in [1.807, 2.05) is 48.6 Å². The van der Waals surface area contributed by atoms with Crippen molar-refractivity contribution in [1.82, 2.24) is 4.98 Å². The van der Waals surface area contributed by atoms with Crippen LogP contribution in [0.1, 0.15) is 59.2 Å². The lowest BCUT2D eigenvalue weighted by atomic mass is 9.86. The Bertz CT molecular complexity index is 1410. The molecule has 3 nitrogen and oxygen atoms in total. The van der Waals surface area contributed by atoms with Crippen molar-refractivity contribution in [2.24, 2.45) is 0 Å². The highest BCUT2D eigenvalue weighted by molar-refractivity contribution is 5.50. The number of halogens is 1. The average molecular weight is 519 g/mol. The van der Waals surface area contributed by atoms with Crippen molar-refractivity contribution < 1.29 is 9.18 Å². The van der Waals surface area contributed by atoms with Gasteiger partial charge in [-0.15, -0.1) is 0 Å². The van der Waals surface area contributed by atoms with Crippen LogP contribution in [0.25, 0.3) is 0 Å². The zero-order valence-electron chi connectivity index (χ0n) is 22.6. The standard InChI is InChI=1S/C35H35FN2O/c1-3-30-15-9-22-38-35(30)20-18-31(21-23-39)34-19-17-29(11-6-4-5-10-27(2)26-37)24-32(34)14-7-12-28-13-8-16-33(36)25-28/h4-6,8-10,13,15-17,19,21-22,24-25,31H,2-3,7,11-12,14,18,20H2,1H3/b6-4-,10-5-. The third-order valence-corrected chi connectivity index (χ3v) is 6.78. The topological polar surface area (TPSA) is 53.8 Å². The molecule has 198 valence electrons. The number of pyridine rings is 1. The Kier molecular flexibility index (Phi) is 11.9. The number of hydrogen-bond donors (Lipinski definition) is 0. The molecule has 0 aliphatic heterocycles. The van der Waals surface area contributed by atoms with Crippen molar-refractivity contribution in [3.8, 4) is 6.07 Å². The van der Waals surface area contributed by atoms with E-state index < -0.39 is 0 Å². The predicted octanol–water partition coefficient (Wildman–Crippen LogP) is 7.80. The molecule has 0 bridgehead atoms. The lowest BCUT2D eigenvalue weighted by molar-refractivity contribution is 0.566.